The Morgan fingerprint density at radius 2 is 0.794 bits per heavy atom. The molecule has 314 valence electrons. The number of fused-ring (bicyclic) bond motifs is 8. The largest absolute Gasteiger partial charge is 0.354 e. The predicted molar refractivity (Wildman–Crippen MR) is 268 cm³/mol. The lowest BCUT2D eigenvalue weighted by atomic mass is 9.92. The van der Waals surface area contributed by atoms with Gasteiger partial charge in [0, 0.05) is 55.8 Å². The Morgan fingerprint density at radius 3 is 1.16 bits per heavy atom. The van der Waals surface area contributed by atoms with Crippen molar-refractivity contribution in [3.05, 3.63) is 158 Å². The van der Waals surface area contributed by atoms with Crippen LogP contribution in [0.1, 0.15) is 79.8 Å². The molecule has 6 nitrogen and oxygen atoms in total. The molecule has 0 aliphatic carbocycles. The fourth-order valence-corrected chi connectivity index (χ4v) is 10.7. The van der Waals surface area contributed by atoms with E-state index >= 15 is 0 Å². The minimum atomic E-state index is -0.0671. The van der Waals surface area contributed by atoms with Gasteiger partial charge in [0.05, 0.1) is 22.8 Å². The fraction of sp³-hybridized carbons (Fsp3) is 0.196. The van der Waals surface area contributed by atoms with E-state index in [1.807, 2.05) is 19.1 Å². The molecule has 8 bridgehead atoms. The maximum absolute atomic E-state index is 12.5. The van der Waals surface area contributed by atoms with Gasteiger partial charge in [-0.15, -0.1) is 0 Å². The molecule has 2 aliphatic rings. The zero-order valence-corrected chi connectivity index (χ0v) is 38.6. The van der Waals surface area contributed by atoms with Crippen LogP contribution in [0.2, 0.25) is 0 Å². The molecule has 0 atom stereocenters. The highest BCUT2D eigenvalue weighted by Gasteiger charge is 2.23. The Labute approximate surface area is 374 Å². The topological polar surface area (TPSA) is 86.5 Å². The van der Waals surface area contributed by atoms with Crippen LogP contribution in [0.4, 0.5) is 4.79 Å². The van der Waals surface area contributed by atoms with Crippen molar-refractivity contribution in [2.75, 3.05) is 6.54 Å². The maximum atomic E-state index is 12.5. The van der Waals surface area contributed by atoms with Crippen molar-refractivity contribution in [3.63, 3.8) is 0 Å². The van der Waals surface area contributed by atoms with Crippen LogP contribution in [0, 0.1) is 62.3 Å². The summed E-state index contributed by atoms with van der Waals surface area (Å²) in [5.74, 6) is 0. The third kappa shape index (κ3) is 7.76. The summed E-state index contributed by atoms with van der Waals surface area (Å²) in [6.45, 7) is 22.2. The van der Waals surface area contributed by atoms with E-state index in [1.165, 1.54) is 61.8 Å². The molecule has 2 aliphatic heterocycles. The van der Waals surface area contributed by atoms with E-state index in [0.29, 0.717) is 6.54 Å². The van der Waals surface area contributed by atoms with Gasteiger partial charge < -0.3 is 15.3 Å². The molecule has 0 saturated carbocycles. The SMILES string of the molecule is CCNC(=O)Sc1ccc(-c2c3ccc([nH]3)c(-c3c(C)cc(C)cc3C)c3nc(c(-c4c(C)cc(C)cc4C)c4nc(c(-c5c(C)cc(C)cc5C)c5ccc2[nH]5)C=C4)C=C3)cc1. The van der Waals surface area contributed by atoms with Gasteiger partial charge in [-0.3, -0.25) is 4.79 Å². The second-order valence-corrected chi connectivity index (χ2v) is 18.3. The van der Waals surface area contributed by atoms with Crippen molar-refractivity contribution in [3.8, 4) is 44.5 Å². The van der Waals surface area contributed by atoms with Crippen molar-refractivity contribution >= 4 is 63.4 Å². The van der Waals surface area contributed by atoms with Crippen molar-refractivity contribution in [2.24, 2.45) is 0 Å². The minimum Gasteiger partial charge on any atom is -0.354 e. The van der Waals surface area contributed by atoms with Gasteiger partial charge in [-0.2, -0.15) is 0 Å². The van der Waals surface area contributed by atoms with E-state index in [-0.39, 0.29) is 5.24 Å². The molecule has 0 radical (unpaired) electrons. The van der Waals surface area contributed by atoms with E-state index in [2.05, 4.69) is 175 Å². The van der Waals surface area contributed by atoms with E-state index < -0.39 is 0 Å². The quantitative estimate of drug-likeness (QED) is 0.146. The number of hydrogen-bond donors (Lipinski definition) is 3. The number of aromatic nitrogens is 4. The third-order valence-corrected chi connectivity index (χ3v) is 13.0. The molecule has 7 heteroatoms. The molecule has 1 amide bonds. The summed E-state index contributed by atoms with van der Waals surface area (Å²) >= 11 is 1.20. The number of aryl methyl sites for hydroxylation is 9. The van der Waals surface area contributed by atoms with Gasteiger partial charge >= 0.3 is 0 Å². The molecule has 7 aromatic rings. The normalized spacial score (nSPS) is 12.0. The highest BCUT2D eigenvalue weighted by molar-refractivity contribution is 8.13. The van der Waals surface area contributed by atoms with Crippen LogP contribution in [-0.4, -0.2) is 31.7 Å². The summed E-state index contributed by atoms with van der Waals surface area (Å²) in [6.07, 6.45) is 8.69. The van der Waals surface area contributed by atoms with E-state index in [9.17, 15) is 4.79 Å². The maximum Gasteiger partial charge on any atom is 0.283 e. The fourth-order valence-electron chi connectivity index (χ4n) is 10.00. The van der Waals surface area contributed by atoms with Crippen LogP contribution in [0.15, 0.2) is 89.8 Å². The lowest BCUT2D eigenvalue weighted by molar-refractivity contribution is 0.261. The van der Waals surface area contributed by atoms with Gasteiger partial charge in [0.15, 0.2) is 0 Å². The van der Waals surface area contributed by atoms with Gasteiger partial charge in [0.2, 0.25) is 0 Å². The van der Waals surface area contributed by atoms with Crippen molar-refractivity contribution in [1.82, 2.24) is 25.3 Å². The second kappa shape index (κ2) is 16.5. The molecule has 5 heterocycles. The first-order chi connectivity index (χ1) is 30.3. The Morgan fingerprint density at radius 1 is 0.460 bits per heavy atom. The van der Waals surface area contributed by atoms with Crippen molar-refractivity contribution < 1.29 is 4.79 Å². The summed E-state index contributed by atoms with van der Waals surface area (Å²) in [4.78, 5) is 32.5. The smallest absolute Gasteiger partial charge is 0.283 e. The van der Waals surface area contributed by atoms with Crippen LogP contribution in [0.3, 0.4) is 0 Å². The number of H-pyrrole nitrogens is 2. The number of thioether (sulfide) groups is 1. The van der Waals surface area contributed by atoms with E-state index in [4.69, 9.17) is 9.97 Å². The zero-order chi connectivity index (χ0) is 44.3. The Balaban J connectivity index is 1.47. The van der Waals surface area contributed by atoms with Gasteiger partial charge in [-0.25, -0.2) is 9.97 Å². The van der Waals surface area contributed by atoms with E-state index in [1.54, 1.807) is 0 Å². The molecular weight excluding hydrogens is 791 g/mol. The Kier molecular flexibility index (Phi) is 10.9. The molecular formula is C56H53N5OS. The molecule has 4 aromatic carbocycles. The average molecular weight is 844 g/mol. The van der Waals surface area contributed by atoms with Crippen LogP contribution < -0.4 is 5.32 Å². The number of carbonyl (C=O) groups is 1. The first-order valence-corrected chi connectivity index (χ1v) is 22.6. The number of amides is 1. The second-order valence-electron chi connectivity index (χ2n) is 17.3. The molecule has 3 aromatic heterocycles. The lowest BCUT2D eigenvalue weighted by Crippen LogP contribution is -2.16. The molecule has 0 saturated heterocycles. The van der Waals surface area contributed by atoms with Crippen molar-refractivity contribution in [1.29, 1.82) is 0 Å². The van der Waals surface area contributed by atoms with Gasteiger partial charge in [-0.05, 0) is 197 Å². The molecule has 3 N–H and O–H groups in total. The lowest BCUT2D eigenvalue weighted by Gasteiger charge is -2.14. The Hall–Kier alpha value is -6.70. The minimum absolute atomic E-state index is 0.0671. The first kappa shape index (κ1) is 41.6. The molecule has 9 rings (SSSR count). The Bertz CT molecular complexity index is 3040. The molecule has 0 fully saturated rings. The molecule has 0 spiro atoms. The molecule has 0 unspecified atom stereocenters. The summed E-state index contributed by atoms with van der Waals surface area (Å²) < 4.78 is 0. The van der Waals surface area contributed by atoms with Crippen LogP contribution in [0.25, 0.3) is 90.9 Å². The monoisotopic (exact) mass is 843 g/mol. The summed E-state index contributed by atoms with van der Waals surface area (Å²) in [7, 11) is 0. The summed E-state index contributed by atoms with van der Waals surface area (Å²) in [5, 5.41) is 2.83. The highest BCUT2D eigenvalue weighted by Crippen LogP contribution is 2.42. The van der Waals surface area contributed by atoms with Gasteiger partial charge in [0.1, 0.15) is 0 Å². The third-order valence-electron chi connectivity index (χ3n) is 12.2. The van der Waals surface area contributed by atoms with Crippen LogP contribution in [0.5, 0.6) is 0 Å². The number of nitrogens with one attached hydrogen (secondary N) is 3. The standard InChI is InChI=1S/C56H53N5OS/c1-11-57-56(62)63-40-14-12-39(13-15-40)52-41-16-18-43(58-41)53(49-33(5)24-30(2)25-34(49)6)45-20-22-47(60-45)55(51-37(9)28-32(4)29-38(51)10)48-23-21-46(61-48)54(44-19-17-42(52)59-44)50-35(7)26-31(3)27-36(50)8/h12-29,58-59H,11H2,1-10H3,(H,57,62). The molecule has 63 heavy (non-hydrogen) atoms. The van der Waals surface area contributed by atoms with Crippen LogP contribution in [-0.2, 0) is 0 Å². The van der Waals surface area contributed by atoms with Crippen LogP contribution >= 0.6 is 11.8 Å². The van der Waals surface area contributed by atoms with Gasteiger partial charge in [-0.1, -0.05) is 65.2 Å². The average Bonchev–Trinajstić information content (AvgIpc) is 4.06. The van der Waals surface area contributed by atoms with Gasteiger partial charge in [0.25, 0.3) is 5.24 Å². The highest BCUT2D eigenvalue weighted by atomic mass is 32.2. The van der Waals surface area contributed by atoms with Crippen molar-refractivity contribution in [2.45, 2.75) is 74.1 Å². The van der Waals surface area contributed by atoms with E-state index in [0.717, 1.165) is 94.2 Å². The number of benzene rings is 4. The predicted octanol–water partition coefficient (Wildman–Crippen LogP) is 14.9. The number of carbonyl (C=O) groups excluding carboxylic acids is 1. The summed E-state index contributed by atoms with van der Waals surface area (Å²) in [5.41, 5.74) is 26.8. The number of rotatable bonds is 6. The number of aromatic amines is 2. The first-order valence-electron chi connectivity index (χ1n) is 21.7. The number of nitrogens with zero attached hydrogens (tertiary/aromatic N) is 2. The summed E-state index contributed by atoms with van der Waals surface area (Å²) in [6, 6.07) is 30.6. The number of hydrogen-bond acceptors (Lipinski definition) is 4. The zero-order valence-electron chi connectivity index (χ0n) is 37.8.